The molecule has 3 nitrogen and oxygen atoms in total. The van der Waals surface area contributed by atoms with Crippen LogP contribution in [-0.4, -0.2) is 15.6 Å². The van der Waals surface area contributed by atoms with Gasteiger partial charge >= 0.3 is 0 Å². The number of ketones is 1. The fourth-order valence-electron chi connectivity index (χ4n) is 2.23. The lowest BCUT2D eigenvalue weighted by Crippen LogP contribution is -2.14. The zero-order valence-electron chi connectivity index (χ0n) is 11.7. The molecule has 0 radical (unpaired) electrons. The van der Waals surface area contributed by atoms with Crippen molar-refractivity contribution in [1.29, 1.82) is 0 Å². The Labute approximate surface area is 104 Å². The molecule has 96 valence electrons. The van der Waals surface area contributed by atoms with Gasteiger partial charge in [0.1, 0.15) is 0 Å². The van der Waals surface area contributed by atoms with E-state index in [1.165, 1.54) is 0 Å². The first-order chi connectivity index (χ1) is 7.81. The van der Waals surface area contributed by atoms with Gasteiger partial charge in [-0.25, -0.2) is 0 Å². The van der Waals surface area contributed by atoms with E-state index in [-0.39, 0.29) is 11.2 Å². The second kappa shape index (κ2) is 5.48. The molecule has 0 aliphatic heterocycles. The third kappa shape index (κ3) is 4.72. The lowest BCUT2D eigenvalue weighted by atomic mass is 9.83. The first kappa shape index (κ1) is 13.9. The Hall–Kier alpha value is -1.12. The molecule has 0 saturated carbocycles. The molecular formula is C14H24N2O. The minimum Gasteiger partial charge on any atom is -0.294 e. The summed E-state index contributed by atoms with van der Waals surface area (Å²) in [5.74, 6) is 0.633. The number of rotatable bonds is 5. The number of carbonyl (C=O) groups is 1. The standard InChI is InChI=1S/C14H24N2O/c1-6-16-10-12(9-15-16)13(17)7-11(2)8-14(3,4)5/h9-11H,6-8H2,1-5H3. The highest BCUT2D eigenvalue weighted by molar-refractivity contribution is 5.95. The van der Waals surface area contributed by atoms with Crippen molar-refractivity contribution in [3.63, 3.8) is 0 Å². The van der Waals surface area contributed by atoms with Crippen LogP contribution in [0.1, 0.15) is 57.8 Å². The summed E-state index contributed by atoms with van der Waals surface area (Å²) in [5.41, 5.74) is 1.03. The maximum absolute atomic E-state index is 12.0. The highest BCUT2D eigenvalue weighted by Gasteiger charge is 2.19. The Morgan fingerprint density at radius 1 is 1.47 bits per heavy atom. The Morgan fingerprint density at radius 2 is 2.12 bits per heavy atom. The van der Waals surface area contributed by atoms with Gasteiger partial charge in [0.15, 0.2) is 5.78 Å². The van der Waals surface area contributed by atoms with Crippen LogP contribution in [0.15, 0.2) is 12.4 Å². The van der Waals surface area contributed by atoms with Crippen molar-refractivity contribution in [3.05, 3.63) is 18.0 Å². The van der Waals surface area contributed by atoms with Crippen LogP contribution in [0.5, 0.6) is 0 Å². The third-order valence-corrected chi connectivity index (χ3v) is 2.77. The van der Waals surface area contributed by atoms with Gasteiger partial charge in [-0.1, -0.05) is 27.7 Å². The second-order valence-corrected chi connectivity index (χ2v) is 6.08. The van der Waals surface area contributed by atoms with Crippen LogP contribution in [0, 0.1) is 11.3 Å². The molecule has 17 heavy (non-hydrogen) atoms. The monoisotopic (exact) mass is 236 g/mol. The van der Waals surface area contributed by atoms with Crippen LogP contribution in [0.4, 0.5) is 0 Å². The molecule has 0 spiro atoms. The van der Waals surface area contributed by atoms with Gasteiger partial charge in [0.25, 0.3) is 0 Å². The van der Waals surface area contributed by atoms with Crippen LogP contribution in [0.3, 0.4) is 0 Å². The molecule has 0 aromatic carbocycles. The summed E-state index contributed by atoms with van der Waals surface area (Å²) in [6, 6.07) is 0. The van der Waals surface area contributed by atoms with Gasteiger partial charge in [0.2, 0.25) is 0 Å². The Kier molecular flexibility index (Phi) is 4.49. The summed E-state index contributed by atoms with van der Waals surface area (Å²) >= 11 is 0. The Balaban J connectivity index is 2.54. The summed E-state index contributed by atoms with van der Waals surface area (Å²) in [7, 11) is 0. The van der Waals surface area contributed by atoms with E-state index in [1.54, 1.807) is 10.9 Å². The smallest absolute Gasteiger partial charge is 0.166 e. The zero-order valence-corrected chi connectivity index (χ0v) is 11.7. The van der Waals surface area contributed by atoms with E-state index >= 15 is 0 Å². The molecule has 1 aromatic rings. The quantitative estimate of drug-likeness (QED) is 0.733. The van der Waals surface area contributed by atoms with Crippen molar-refractivity contribution in [2.45, 2.75) is 54.0 Å². The van der Waals surface area contributed by atoms with Crippen LogP contribution >= 0.6 is 0 Å². The number of hydrogen-bond donors (Lipinski definition) is 0. The number of aromatic nitrogens is 2. The second-order valence-electron chi connectivity index (χ2n) is 6.08. The Bertz CT molecular complexity index is 374. The van der Waals surface area contributed by atoms with Crippen LogP contribution in [0.2, 0.25) is 0 Å². The molecular weight excluding hydrogens is 212 g/mol. The first-order valence-electron chi connectivity index (χ1n) is 6.37. The lowest BCUT2D eigenvalue weighted by molar-refractivity contribution is 0.0954. The minimum atomic E-state index is 0.210. The highest BCUT2D eigenvalue weighted by atomic mass is 16.1. The molecule has 1 aromatic heterocycles. The fourth-order valence-corrected chi connectivity index (χ4v) is 2.23. The van der Waals surface area contributed by atoms with E-state index < -0.39 is 0 Å². The average molecular weight is 236 g/mol. The molecule has 1 rings (SSSR count). The number of carbonyl (C=O) groups excluding carboxylic acids is 1. The molecule has 1 unspecified atom stereocenters. The lowest BCUT2D eigenvalue weighted by Gasteiger charge is -2.22. The Morgan fingerprint density at radius 3 is 2.59 bits per heavy atom. The highest BCUT2D eigenvalue weighted by Crippen LogP contribution is 2.26. The third-order valence-electron chi connectivity index (χ3n) is 2.77. The maximum atomic E-state index is 12.0. The zero-order chi connectivity index (χ0) is 13.1. The van der Waals surface area contributed by atoms with Gasteiger partial charge < -0.3 is 0 Å². The van der Waals surface area contributed by atoms with Crippen LogP contribution < -0.4 is 0 Å². The van der Waals surface area contributed by atoms with Crippen LogP contribution in [0.25, 0.3) is 0 Å². The van der Waals surface area contributed by atoms with Gasteiger partial charge in [-0.05, 0) is 24.7 Å². The molecule has 0 N–H and O–H groups in total. The van der Waals surface area contributed by atoms with Gasteiger partial charge in [-0.15, -0.1) is 0 Å². The number of nitrogens with zero attached hydrogens (tertiary/aromatic N) is 2. The molecule has 1 atom stereocenters. The largest absolute Gasteiger partial charge is 0.294 e. The molecule has 0 saturated heterocycles. The predicted octanol–water partition coefficient (Wildman–Crippen LogP) is 3.55. The predicted molar refractivity (Wildman–Crippen MR) is 70.1 cm³/mol. The summed E-state index contributed by atoms with van der Waals surface area (Å²) < 4.78 is 1.79. The van der Waals surface area contributed by atoms with Crippen molar-refractivity contribution < 1.29 is 4.79 Å². The van der Waals surface area contributed by atoms with Gasteiger partial charge in [0.05, 0.1) is 11.8 Å². The van der Waals surface area contributed by atoms with Crippen molar-refractivity contribution in [1.82, 2.24) is 9.78 Å². The van der Waals surface area contributed by atoms with Crippen LogP contribution in [-0.2, 0) is 6.54 Å². The first-order valence-corrected chi connectivity index (χ1v) is 6.37. The summed E-state index contributed by atoms with van der Waals surface area (Å²) in [6.45, 7) is 11.6. The molecule has 0 amide bonds. The molecule has 1 heterocycles. The van der Waals surface area contributed by atoms with Crippen molar-refractivity contribution >= 4 is 5.78 Å². The summed E-state index contributed by atoms with van der Waals surface area (Å²) in [6.07, 6.45) is 5.20. The SMILES string of the molecule is CCn1cc(C(=O)CC(C)CC(C)(C)C)cn1. The molecule has 0 fully saturated rings. The normalized spacial score (nSPS) is 13.7. The van der Waals surface area contributed by atoms with E-state index in [0.717, 1.165) is 18.5 Å². The molecule has 0 aliphatic rings. The van der Waals surface area contributed by atoms with E-state index in [0.29, 0.717) is 12.3 Å². The topological polar surface area (TPSA) is 34.9 Å². The maximum Gasteiger partial charge on any atom is 0.166 e. The van der Waals surface area contributed by atoms with Gasteiger partial charge in [-0.2, -0.15) is 5.10 Å². The summed E-state index contributed by atoms with van der Waals surface area (Å²) in [4.78, 5) is 12.0. The van der Waals surface area contributed by atoms with Gasteiger partial charge in [0, 0.05) is 19.2 Å². The minimum absolute atomic E-state index is 0.210. The fraction of sp³-hybridized carbons (Fsp3) is 0.714. The van der Waals surface area contributed by atoms with Crippen molar-refractivity contribution in [2.24, 2.45) is 11.3 Å². The van der Waals surface area contributed by atoms with E-state index in [1.807, 2.05) is 13.1 Å². The van der Waals surface area contributed by atoms with E-state index in [9.17, 15) is 4.79 Å². The summed E-state index contributed by atoms with van der Waals surface area (Å²) in [5, 5.41) is 4.13. The molecule has 3 heteroatoms. The molecule has 0 bridgehead atoms. The van der Waals surface area contributed by atoms with Gasteiger partial charge in [-0.3, -0.25) is 9.48 Å². The van der Waals surface area contributed by atoms with E-state index in [4.69, 9.17) is 0 Å². The molecule has 0 aliphatic carbocycles. The van der Waals surface area contributed by atoms with Crippen molar-refractivity contribution in [2.75, 3.05) is 0 Å². The number of aryl methyl sites for hydroxylation is 1. The number of Topliss-reactive ketones (excluding diaryl/α,β-unsaturated/α-hetero) is 1. The average Bonchev–Trinajstić information content (AvgIpc) is 2.62. The number of hydrogen-bond acceptors (Lipinski definition) is 2. The van der Waals surface area contributed by atoms with E-state index in [2.05, 4.69) is 32.8 Å². The van der Waals surface area contributed by atoms with Crippen molar-refractivity contribution in [3.8, 4) is 0 Å².